The van der Waals surface area contributed by atoms with Crippen LogP contribution in [0.25, 0.3) is 0 Å². The predicted octanol–water partition coefficient (Wildman–Crippen LogP) is 3.63. The first-order valence-electron chi connectivity index (χ1n) is 8.96. The zero-order valence-corrected chi connectivity index (χ0v) is 16.1. The standard InChI is InChI=1S/C21H26N2O4/c1-5-14(2)22-21(25)18-8-6-7-9-19(18)23-20(24)15(3)27-17-12-10-16(26-4)11-13-17/h6-15H,5H2,1-4H3,(H,22,25)(H,23,24). The largest absolute Gasteiger partial charge is 0.497 e. The number of anilines is 1. The molecule has 2 amide bonds. The summed E-state index contributed by atoms with van der Waals surface area (Å²) in [6.07, 6.45) is 0.0941. The minimum absolute atomic E-state index is 0.0542. The van der Waals surface area contributed by atoms with Crippen molar-refractivity contribution in [2.45, 2.75) is 39.3 Å². The highest BCUT2D eigenvalue weighted by Crippen LogP contribution is 2.20. The van der Waals surface area contributed by atoms with E-state index < -0.39 is 6.10 Å². The van der Waals surface area contributed by atoms with Crippen LogP contribution in [0.2, 0.25) is 0 Å². The quantitative estimate of drug-likeness (QED) is 0.744. The monoisotopic (exact) mass is 370 g/mol. The minimum atomic E-state index is -0.732. The lowest BCUT2D eigenvalue weighted by Crippen LogP contribution is -2.34. The minimum Gasteiger partial charge on any atom is -0.497 e. The van der Waals surface area contributed by atoms with Crippen LogP contribution in [0.1, 0.15) is 37.6 Å². The number of nitrogens with one attached hydrogen (secondary N) is 2. The van der Waals surface area contributed by atoms with Crippen LogP contribution in [-0.4, -0.2) is 31.1 Å². The fourth-order valence-electron chi connectivity index (χ4n) is 2.34. The molecule has 6 heteroatoms. The molecule has 0 saturated heterocycles. The van der Waals surface area contributed by atoms with Crippen molar-refractivity contribution in [2.24, 2.45) is 0 Å². The van der Waals surface area contributed by atoms with Crippen molar-refractivity contribution >= 4 is 17.5 Å². The summed E-state index contributed by atoms with van der Waals surface area (Å²) in [6.45, 7) is 5.59. The molecule has 2 rings (SSSR count). The molecule has 2 unspecified atom stereocenters. The highest BCUT2D eigenvalue weighted by Gasteiger charge is 2.19. The Morgan fingerprint density at radius 2 is 1.63 bits per heavy atom. The van der Waals surface area contributed by atoms with Crippen molar-refractivity contribution < 1.29 is 19.1 Å². The molecule has 144 valence electrons. The summed E-state index contributed by atoms with van der Waals surface area (Å²) >= 11 is 0. The average molecular weight is 370 g/mol. The average Bonchev–Trinajstić information content (AvgIpc) is 2.68. The molecular weight excluding hydrogens is 344 g/mol. The van der Waals surface area contributed by atoms with Gasteiger partial charge < -0.3 is 20.1 Å². The van der Waals surface area contributed by atoms with Crippen LogP contribution in [-0.2, 0) is 4.79 Å². The second-order valence-corrected chi connectivity index (χ2v) is 6.25. The summed E-state index contributed by atoms with van der Waals surface area (Å²) in [7, 11) is 1.58. The molecule has 2 N–H and O–H groups in total. The van der Waals surface area contributed by atoms with E-state index >= 15 is 0 Å². The zero-order valence-electron chi connectivity index (χ0n) is 16.1. The third-order valence-corrected chi connectivity index (χ3v) is 4.16. The molecule has 27 heavy (non-hydrogen) atoms. The van der Waals surface area contributed by atoms with Gasteiger partial charge >= 0.3 is 0 Å². The molecule has 0 spiro atoms. The number of carbonyl (C=O) groups is 2. The van der Waals surface area contributed by atoms with Gasteiger partial charge in [-0.1, -0.05) is 19.1 Å². The number of rotatable bonds is 8. The maximum Gasteiger partial charge on any atom is 0.265 e. The number of carbonyl (C=O) groups excluding carboxylic acids is 2. The molecule has 0 heterocycles. The lowest BCUT2D eigenvalue weighted by atomic mass is 10.1. The Morgan fingerprint density at radius 1 is 1.00 bits per heavy atom. The van der Waals surface area contributed by atoms with E-state index in [1.807, 2.05) is 13.8 Å². The smallest absolute Gasteiger partial charge is 0.265 e. The van der Waals surface area contributed by atoms with Crippen LogP contribution in [0.3, 0.4) is 0 Å². The molecule has 2 aromatic carbocycles. The van der Waals surface area contributed by atoms with Gasteiger partial charge in [0.15, 0.2) is 6.10 Å². The van der Waals surface area contributed by atoms with Gasteiger partial charge in [-0.2, -0.15) is 0 Å². The van der Waals surface area contributed by atoms with E-state index in [4.69, 9.17) is 9.47 Å². The highest BCUT2D eigenvalue weighted by atomic mass is 16.5. The van der Waals surface area contributed by atoms with Gasteiger partial charge in [-0.15, -0.1) is 0 Å². The van der Waals surface area contributed by atoms with E-state index in [1.54, 1.807) is 62.6 Å². The molecule has 2 atom stereocenters. The molecule has 0 aromatic heterocycles. The summed E-state index contributed by atoms with van der Waals surface area (Å²) in [4.78, 5) is 24.9. The Kier molecular flexibility index (Phi) is 7.23. The molecule has 0 aliphatic heterocycles. The summed E-state index contributed by atoms with van der Waals surface area (Å²) in [5.74, 6) is 0.709. The first-order chi connectivity index (χ1) is 12.9. The molecule has 0 radical (unpaired) electrons. The molecule has 6 nitrogen and oxygen atoms in total. The van der Waals surface area contributed by atoms with Crippen LogP contribution in [0.4, 0.5) is 5.69 Å². The number of para-hydroxylation sites is 1. The number of hydrogen-bond acceptors (Lipinski definition) is 4. The third-order valence-electron chi connectivity index (χ3n) is 4.16. The molecule has 0 aliphatic carbocycles. The zero-order chi connectivity index (χ0) is 19.8. The second kappa shape index (κ2) is 9.62. The Morgan fingerprint density at radius 3 is 2.26 bits per heavy atom. The fraction of sp³-hybridized carbons (Fsp3) is 0.333. The molecule has 0 saturated carbocycles. The maximum atomic E-state index is 12.5. The van der Waals surface area contributed by atoms with Gasteiger partial charge in [-0.05, 0) is 56.7 Å². The summed E-state index contributed by atoms with van der Waals surface area (Å²) in [6, 6.07) is 13.9. The van der Waals surface area contributed by atoms with Gasteiger partial charge in [-0.3, -0.25) is 9.59 Å². The van der Waals surface area contributed by atoms with Crippen molar-refractivity contribution in [2.75, 3.05) is 12.4 Å². The van der Waals surface area contributed by atoms with Gasteiger partial charge in [0.2, 0.25) is 0 Å². The van der Waals surface area contributed by atoms with Gasteiger partial charge in [-0.25, -0.2) is 0 Å². The summed E-state index contributed by atoms with van der Waals surface area (Å²) in [5.41, 5.74) is 0.872. The topological polar surface area (TPSA) is 76.7 Å². The molecule has 2 aromatic rings. The van der Waals surface area contributed by atoms with E-state index in [0.29, 0.717) is 22.7 Å². The van der Waals surface area contributed by atoms with E-state index in [1.165, 1.54) is 0 Å². The first kappa shape index (κ1) is 20.3. The number of amides is 2. The maximum absolute atomic E-state index is 12.5. The van der Waals surface area contributed by atoms with Crippen molar-refractivity contribution in [3.8, 4) is 11.5 Å². The molecule has 0 fully saturated rings. The van der Waals surface area contributed by atoms with Crippen LogP contribution in [0.5, 0.6) is 11.5 Å². The third kappa shape index (κ3) is 5.74. The Hall–Kier alpha value is -3.02. The van der Waals surface area contributed by atoms with Gasteiger partial charge in [0.1, 0.15) is 11.5 Å². The Balaban J connectivity index is 2.04. The summed E-state index contributed by atoms with van der Waals surface area (Å²) < 4.78 is 10.8. The van der Waals surface area contributed by atoms with E-state index in [9.17, 15) is 9.59 Å². The lowest BCUT2D eigenvalue weighted by molar-refractivity contribution is -0.122. The van der Waals surface area contributed by atoms with E-state index in [0.717, 1.165) is 6.42 Å². The van der Waals surface area contributed by atoms with E-state index in [-0.39, 0.29) is 17.9 Å². The number of ether oxygens (including phenoxy) is 2. The van der Waals surface area contributed by atoms with Crippen molar-refractivity contribution in [1.29, 1.82) is 0 Å². The van der Waals surface area contributed by atoms with Crippen LogP contribution >= 0.6 is 0 Å². The number of hydrogen-bond donors (Lipinski definition) is 2. The van der Waals surface area contributed by atoms with Gasteiger partial charge in [0.05, 0.1) is 18.4 Å². The fourth-order valence-corrected chi connectivity index (χ4v) is 2.34. The summed E-state index contributed by atoms with van der Waals surface area (Å²) in [5, 5.41) is 5.68. The molecule has 0 bridgehead atoms. The number of methoxy groups -OCH3 is 1. The lowest BCUT2D eigenvalue weighted by Gasteiger charge is -2.17. The first-order valence-corrected chi connectivity index (χ1v) is 8.96. The molecular formula is C21H26N2O4. The Bertz CT molecular complexity index is 774. The van der Waals surface area contributed by atoms with E-state index in [2.05, 4.69) is 10.6 Å². The Labute approximate surface area is 159 Å². The predicted molar refractivity (Wildman–Crippen MR) is 105 cm³/mol. The van der Waals surface area contributed by atoms with Crippen LogP contribution in [0, 0.1) is 0 Å². The van der Waals surface area contributed by atoms with Gasteiger partial charge in [0.25, 0.3) is 11.8 Å². The van der Waals surface area contributed by atoms with Crippen molar-refractivity contribution in [3.63, 3.8) is 0 Å². The van der Waals surface area contributed by atoms with Gasteiger partial charge in [0, 0.05) is 6.04 Å². The SMILES string of the molecule is CCC(C)NC(=O)c1ccccc1NC(=O)C(C)Oc1ccc(OC)cc1. The highest BCUT2D eigenvalue weighted by molar-refractivity contribution is 6.04. The molecule has 0 aliphatic rings. The number of benzene rings is 2. The second-order valence-electron chi connectivity index (χ2n) is 6.25. The van der Waals surface area contributed by atoms with Crippen molar-refractivity contribution in [1.82, 2.24) is 5.32 Å². The van der Waals surface area contributed by atoms with Crippen LogP contribution in [0.15, 0.2) is 48.5 Å². The normalized spacial score (nSPS) is 12.6. The van der Waals surface area contributed by atoms with Crippen LogP contribution < -0.4 is 20.1 Å². The van der Waals surface area contributed by atoms with Crippen molar-refractivity contribution in [3.05, 3.63) is 54.1 Å².